The van der Waals surface area contributed by atoms with Crippen LogP contribution in [-0.2, 0) is 4.79 Å². The number of carboxylic acid groups (broad SMARTS) is 1. The summed E-state index contributed by atoms with van der Waals surface area (Å²) in [4.78, 5) is 27.0. The van der Waals surface area contributed by atoms with E-state index in [9.17, 15) is 9.59 Å². The average Bonchev–Trinajstić information content (AvgIpc) is 2.74. The third kappa shape index (κ3) is 4.09. The van der Waals surface area contributed by atoms with Gasteiger partial charge in [0.1, 0.15) is 5.54 Å². The quantitative estimate of drug-likeness (QED) is 0.777. The molecule has 0 bridgehead atoms. The highest BCUT2D eigenvalue weighted by molar-refractivity contribution is 5.85. The lowest BCUT2D eigenvalue weighted by atomic mass is 9.99. The predicted octanol–water partition coefficient (Wildman–Crippen LogP) is 0.833. The van der Waals surface area contributed by atoms with Crippen LogP contribution in [0.2, 0.25) is 0 Å². The molecule has 0 spiro atoms. The van der Waals surface area contributed by atoms with E-state index in [0.29, 0.717) is 18.9 Å². The Kier molecular flexibility index (Phi) is 5.17. The van der Waals surface area contributed by atoms with Gasteiger partial charge in [-0.2, -0.15) is 0 Å². The molecule has 2 amide bonds. The number of nitrogens with zero attached hydrogens (tertiary/aromatic N) is 2. The van der Waals surface area contributed by atoms with Crippen LogP contribution < -0.4 is 5.32 Å². The molecular formula is C13H25N3O3. The van der Waals surface area contributed by atoms with Crippen molar-refractivity contribution < 1.29 is 14.7 Å². The molecule has 1 rings (SSSR count). The van der Waals surface area contributed by atoms with Crippen molar-refractivity contribution in [1.82, 2.24) is 15.1 Å². The molecule has 0 aromatic carbocycles. The van der Waals surface area contributed by atoms with Gasteiger partial charge in [-0.3, -0.25) is 0 Å². The van der Waals surface area contributed by atoms with Gasteiger partial charge in [-0.1, -0.05) is 6.92 Å². The van der Waals surface area contributed by atoms with Crippen LogP contribution in [0.5, 0.6) is 0 Å². The van der Waals surface area contributed by atoms with Gasteiger partial charge in [-0.05, 0) is 39.3 Å². The minimum absolute atomic E-state index is 0.318. The van der Waals surface area contributed by atoms with Gasteiger partial charge in [-0.25, -0.2) is 9.59 Å². The van der Waals surface area contributed by atoms with E-state index in [0.717, 1.165) is 19.5 Å². The fraction of sp³-hybridized carbons (Fsp3) is 0.846. The summed E-state index contributed by atoms with van der Waals surface area (Å²) >= 11 is 0. The molecule has 110 valence electrons. The van der Waals surface area contributed by atoms with E-state index < -0.39 is 11.5 Å². The first-order valence-corrected chi connectivity index (χ1v) is 6.73. The second-order valence-electron chi connectivity index (χ2n) is 5.72. The van der Waals surface area contributed by atoms with Crippen LogP contribution in [0.3, 0.4) is 0 Å². The summed E-state index contributed by atoms with van der Waals surface area (Å²) in [6, 6.07) is -0.318. The third-order valence-corrected chi connectivity index (χ3v) is 3.93. The number of amides is 2. The molecule has 1 heterocycles. The molecule has 1 fully saturated rings. The monoisotopic (exact) mass is 271 g/mol. The van der Waals surface area contributed by atoms with E-state index in [4.69, 9.17) is 5.11 Å². The number of hydrogen-bond donors (Lipinski definition) is 2. The van der Waals surface area contributed by atoms with Crippen LogP contribution in [0.1, 0.15) is 26.7 Å². The molecule has 0 aromatic heterocycles. The van der Waals surface area contributed by atoms with Crippen molar-refractivity contribution in [3.05, 3.63) is 0 Å². The Morgan fingerprint density at radius 2 is 2.16 bits per heavy atom. The molecule has 0 aliphatic carbocycles. The van der Waals surface area contributed by atoms with Gasteiger partial charge in [0, 0.05) is 20.1 Å². The molecule has 19 heavy (non-hydrogen) atoms. The highest BCUT2D eigenvalue weighted by Crippen LogP contribution is 2.16. The van der Waals surface area contributed by atoms with Gasteiger partial charge in [-0.15, -0.1) is 0 Å². The Balaban J connectivity index is 2.50. The van der Waals surface area contributed by atoms with E-state index in [2.05, 4.69) is 17.3 Å². The maximum atomic E-state index is 12.0. The normalized spacial score (nSPS) is 22.8. The molecule has 1 aliphatic heterocycles. The zero-order valence-corrected chi connectivity index (χ0v) is 12.3. The lowest BCUT2D eigenvalue weighted by Gasteiger charge is -2.29. The van der Waals surface area contributed by atoms with Crippen molar-refractivity contribution in [3.8, 4) is 0 Å². The molecule has 0 saturated carbocycles. The molecule has 1 aliphatic rings. The first-order chi connectivity index (χ1) is 8.78. The number of hydrogen-bond acceptors (Lipinski definition) is 3. The predicted molar refractivity (Wildman–Crippen MR) is 73.1 cm³/mol. The van der Waals surface area contributed by atoms with Gasteiger partial charge in [0.2, 0.25) is 0 Å². The largest absolute Gasteiger partial charge is 0.480 e. The standard InChI is InChI=1S/C13H25N3O3/c1-5-13(2,11(17)18)14-12(19)16(4)9-10-6-7-15(3)8-10/h10H,5-9H2,1-4H3,(H,14,19)(H,17,18). The summed E-state index contributed by atoms with van der Waals surface area (Å²) in [6.45, 7) is 5.99. The fourth-order valence-electron chi connectivity index (χ4n) is 2.27. The molecule has 0 radical (unpaired) electrons. The van der Waals surface area contributed by atoms with E-state index in [1.165, 1.54) is 6.92 Å². The van der Waals surface area contributed by atoms with Crippen molar-refractivity contribution in [2.75, 3.05) is 33.7 Å². The maximum Gasteiger partial charge on any atom is 0.329 e. The number of likely N-dealkylation sites (tertiary alicyclic amines) is 1. The van der Waals surface area contributed by atoms with Crippen LogP contribution in [0, 0.1) is 5.92 Å². The highest BCUT2D eigenvalue weighted by Gasteiger charge is 2.34. The second kappa shape index (κ2) is 6.23. The van der Waals surface area contributed by atoms with E-state index in [1.54, 1.807) is 18.9 Å². The summed E-state index contributed by atoms with van der Waals surface area (Å²) < 4.78 is 0. The number of carbonyl (C=O) groups excluding carboxylic acids is 1. The van der Waals surface area contributed by atoms with Gasteiger partial charge in [0.15, 0.2) is 0 Å². The summed E-state index contributed by atoms with van der Waals surface area (Å²) in [5.74, 6) is -0.532. The molecule has 2 N–H and O–H groups in total. The number of carbonyl (C=O) groups is 2. The van der Waals surface area contributed by atoms with E-state index >= 15 is 0 Å². The molecular weight excluding hydrogens is 246 g/mol. The number of nitrogens with one attached hydrogen (secondary N) is 1. The summed E-state index contributed by atoms with van der Waals surface area (Å²) in [6.07, 6.45) is 1.44. The SMILES string of the molecule is CCC(C)(NC(=O)N(C)CC1CCN(C)C1)C(=O)O. The van der Waals surface area contributed by atoms with Crippen molar-refractivity contribution >= 4 is 12.0 Å². The van der Waals surface area contributed by atoms with Gasteiger partial charge in [0.25, 0.3) is 0 Å². The second-order valence-corrected chi connectivity index (χ2v) is 5.72. The number of aliphatic carboxylic acids is 1. The molecule has 6 heteroatoms. The van der Waals surface area contributed by atoms with Crippen molar-refractivity contribution in [3.63, 3.8) is 0 Å². The minimum atomic E-state index is -1.20. The Morgan fingerprint density at radius 1 is 1.53 bits per heavy atom. The van der Waals surface area contributed by atoms with Crippen LogP contribution in [0.25, 0.3) is 0 Å². The molecule has 1 saturated heterocycles. The van der Waals surface area contributed by atoms with Gasteiger partial charge >= 0.3 is 12.0 Å². The number of urea groups is 1. The lowest BCUT2D eigenvalue weighted by molar-refractivity contribution is -0.143. The average molecular weight is 271 g/mol. The Labute approximate surface area is 114 Å². The molecule has 2 unspecified atom stereocenters. The molecule has 6 nitrogen and oxygen atoms in total. The first-order valence-electron chi connectivity index (χ1n) is 6.73. The Hall–Kier alpha value is -1.30. The maximum absolute atomic E-state index is 12.0. The van der Waals surface area contributed by atoms with Gasteiger partial charge in [0.05, 0.1) is 0 Å². The topological polar surface area (TPSA) is 72.9 Å². The van der Waals surface area contributed by atoms with Crippen LogP contribution >= 0.6 is 0 Å². The van der Waals surface area contributed by atoms with Crippen LogP contribution in [0.15, 0.2) is 0 Å². The number of rotatable bonds is 5. The van der Waals surface area contributed by atoms with Crippen molar-refractivity contribution in [1.29, 1.82) is 0 Å². The molecule has 0 aromatic rings. The van der Waals surface area contributed by atoms with Crippen LogP contribution in [0.4, 0.5) is 4.79 Å². The summed E-state index contributed by atoms with van der Waals surface area (Å²) in [7, 11) is 3.78. The number of carboxylic acids is 1. The first kappa shape index (κ1) is 15.8. The van der Waals surface area contributed by atoms with Crippen molar-refractivity contribution in [2.45, 2.75) is 32.2 Å². The molecule has 2 atom stereocenters. The summed E-state index contributed by atoms with van der Waals surface area (Å²) in [5.41, 5.74) is -1.20. The highest BCUT2D eigenvalue weighted by atomic mass is 16.4. The van der Waals surface area contributed by atoms with Crippen LogP contribution in [-0.4, -0.2) is 66.2 Å². The lowest BCUT2D eigenvalue weighted by Crippen LogP contribution is -2.55. The smallest absolute Gasteiger partial charge is 0.329 e. The zero-order chi connectivity index (χ0) is 14.6. The third-order valence-electron chi connectivity index (χ3n) is 3.93. The van der Waals surface area contributed by atoms with Gasteiger partial charge < -0.3 is 20.2 Å². The van der Waals surface area contributed by atoms with E-state index in [1.807, 2.05) is 0 Å². The summed E-state index contributed by atoms with van der Waals surface area (Å²) in [5, 5.41) is 11.7. The Morgan fingerprint density at radius 3 is 2.58 bits per heavy atom. The minimum Gasteiger partial charge on any atom is -0.480 e. The van der Waals surface area contributed by atoms with Crippen molar-refractivity contribution in [2.24, 2.45) is 5.92 Å². The van der Waals surface area contributed by atoms with E-state index in [-0.39, 0.29) is 6.03 Å². The Bertz CT molecular complexity index is 348. The fourth-order valence-corrected chi connectivity index (χ4v) is 2.27. The zero-order valence-electron chi connectivity index (χ0n) is 12.3.